The first kappa shape index (κ1) is 43.2. The van der Waals surface area contributed by atoms with E-state index in [-0.39, 0.29) is 16.4 Å². The molecule has 1 heterocycles. The van der Waals surface area contributed by atoms with Crippen LogP contribution in [-0.2, 0) is 19.4 Å². The van der Waals surface area contributed by atoms with Crippen molar-refractivity contribution < 1.29 is 52.7 Å². The minimum absolute atomic E-state index is 0.0229. The lowest BCUT2D eigenvalue weighted by Gasteiger charge is -2.34. The standard InChI is InChI=1S/C39H51FN2O10S2/c1-4-6-16-39(5-2)19-27(25-14-10-11-15-28(25)40)26-17-32(53-3)31(18-33(26)54(50,51)23-39)52-22-34(46)42-35(24-12-8-7-9-13-24)38(49)41-20-29(44)36(47)37(48)30(45)21-43/h7-15,17-18,27,29-30,35-37,43-45,47-48H,4-6,16,19-23H2,1-3H3,(H,41,49)(H,42,46). The molecule has 15 heteroatoms. The third-order valence-corrected chi connectivity index (χ3v) is 12.9. The molecule has 0 saturated carbocycles. The first-order valence-electron chi connectivity index (χ1n) is 18.0. The molecule has 1 aliphatic heterocycles. The zero-order valence-corrected chi connectivity index (χ0v) is 32.3. The van der Waals surface area contributed by atoms with Gasteiger partial charge in [0, 0.05) is 23.4 Å². The minimum Gasteiger partial charge on any atom is -0.483 e. The SMILES string of the molecule is CCCCC1(CC)CC(c2ccccc2F)c2cc(SC)c(OCC(=O)NC(C(=O)NCC(O)C(O)C(O)C(O)CO)c3ccccc3)cc2S(=O)(=O)C1. The molecule has 7 unspecified atom stereocenters. The molecule has 0 bridgehead atoms. The van der Waals surface area contributed by atoms with Crippen LogP contribution in [0.2, 0.25) is 0 Å². The molecule has 0 saturated heterocycles. The summed E-state index contributed by atoms with van der Waals surface area (Å²) in [7, 11) is -3.91. The van der Waals surface area contributed by atoms with E-state index >= 15 is 4.39 Å². The third kappa shape index (κ3) is 10.4. The van der Waals surface area contributed by atoms with E-state index in [1.165, 1.54) is 23.9 Å². The van der Waals surface area contributed by atoms with Crippen LogP contribution in [0.3, 0.4) is 0 Å². The van der Waals surface area contributed by atoms with Gasteiger partial charge in [0.05, 0.1) is 23.4 Å². The Balaban J connectivity index is 1.60. The zero-order valence-electron chi connectivity index (χ0n) is 30.7. The van der Waals surface area contributed by atoms with Crippen molar-refractivity contribution in [3.8, 4) is 5.75 Å². The number of rotatable bonds is 18. The van der Waals surface area contributed by atoms with Crippen molar-refractivity contribution in [2.75, 3.05) is 31.8 Å². The highest BCUT2D eigenvalue weighted by atomic mass is 32.2. The molecule has 0 aromatic heterocycles. The fraction of sp³-hybridized carbons (Fsp3) is 0.487. The molecular formula is C39H51FN2O10S2. The van der Waals surface area contributed by atoms with Gasteiger partial charge in [-0.1, -0.05) is 75.2 Å². The predicted octanol–water partition coefficient (Wildman–Crippen LogP) is 3.23. The molecule has 2 amide bonds. The van der Waals surface area contributed by atoms with Gasteiger partial charge in [-0.25, -0.2) is 12.8 Å². The molecule has 3 aromatic rings. The Morgan fingerprint density at radius 3 is 2.28 bits per heavy atom. The number of halogens is 1. The van der Waals surface area contributed by atoms with Crippen LogP contribution in [0.25, 0.3) is 0 Å². The van der Waals surface area contributed by atoms with E-state index in [2.05, 4.69) is 10.6 Å². The van der Waals surface area contributed by atoms with Gasteiger partial charge in [-0.3, -0.25) is 9.59 Å². The number of amides is 2. The van der Waals surface area contributed by atoms with E-state index in [4.69, 9.17) is 9.84 Å². The average molecular weight is 791 g/mol. The topological polar surface area (TPSA) is 203 Å². The van der Waals surface area contributed by atoms with Crippen LogP contribution in [0.5, 0.6) is 5.75 Å². The maximum atomic E-state index is 15.5. The lowest BCUT2D eigenvalue weighted by Crippen LogP contribution is -2.51. The van der Waals surface area contributed by atoms with Gasteiger partial charge in [0.1, 0.15) is 35.9 Å². The summed E-state index contributed by atoms with van der Waals surface area (Å²) in [5, 5.41) is 54.0. The summed E-state index contributed by atoms with van der Waals surface area (Å²) >= 11 is 1.28. The van der Waals surface area contributed by atoms with E-state index in [1.54, 1.807) is 60.9 Å². The maximum Gasteiger partial charge on any atom is 0.258 e. The van der Waals surface area contributed by atoms with Gasteiger partial charge in [-0.15, -0.1) is 11.8 Å². The molecule has 0 radical (unpaired) electrons. The normalized spacial score (nSPS) is 20.7. The molecule has 12 nitrogen and oxygen atoms in total. The van der Waals surface area contributed by atoms with Crippen molar-refractivity contribution in [2.45, 2.75) is 92.1 Å². The summed E-state index contributed by atoms with van der Waals surface area (Å²) in [4.78, 5) is 27.2. The maximum absolute atomic E-state index is 15.5. The van der Waals surface area contributed by atoms with Crippen molar-refractivity contribution in [3.05, 3.63) is 89.2 Å². The molecule has 7 atom stereocenters. The van der Waals surface area contributed by atoms with Crippen molar-refractivity contribution in [1.29, 1.82) is 0 Å². The minimum atomic E-state index is -3.91. The predicted molar refractivity (Wildman–Crippen MR) is 202 cm³/mol. The van der Waals surface area contributed by atoms with Crippen molar-refractivity contribution in [1.82, 2.24) is 10.6 Å². The lowest BCUT2D eigenvalue weighted by atomic mass is 9.71. The Bertz CT molecular complexity index is 1830. The number of carbonyl (C=O) groups excluding carboxylic acids is 2. The largest absolute Gasteiger partial charge is 0.483 e. The fourth-order valence-corrected chi connectivity index (χ4v) is 9.76. The van der Waals surface area contributed by atoms with Crippen LogP contribution in [0.15, 0.2) is 76.5 Å². The van der Waals surface area contributed by atoms with Gasteiger partial charge in [0.25, 0.3) is 5.91 Å². The number of aliphatic hydroxyl groups excluding tert-OH is 5. The summed E-state index contributed by atoms with van der Waals surface area (Å²) in [6.45, 7) is 1.98. The number of fused-ring (bicyclic) bond motifs is 1. The molecular weight excluding hydrogens is 740 g/mol. The Morgan fingerprint density at radius 2 is 1.65 bits per heavy atom. The number of unbranched alkanes of at least 4 members (excludes halogenated alkanes) is 1. The number of aliphatic hydroxyl groups is 5. The zero-order chi connectivity index (χ0) is 39.6. The van der Waals surface area contributed by atoms with Gasteiger partial charge < -0.3 is 40.9 Å². The van der Waals surface area contributed by atoms with E-state index in [1.807, 2.05) is 13.8 Å². The second-order valence-electron chi connectivity index (χ2n) is 13.8. The molecule has 7 N–H and O–H groups in total. The second kappa shape index (κ2) is 19.3. The van der Waals surface area contributed by atoms with Crippen LogP contribution >= 0.6 is 11.8 Å². The van der Waals surface area contributed by atoms with Crippen LogP contribution in [0.1, 0.15) is 74.6 Å². The first-order chi connectivity index (χ1) is 25.7. The monoisotopic (exact) mass is 790 g/mol. The Hall–Kier alpha value is -3.57. The van der Waals surface area contributed by atoms with Crippen molar-refractivity contribution in [3.63, 3.8) is 0 Å². The first-order valence-corrected chi connectivity index (χ1v) is 20.9. The molecule has 0 spiro atoms. The molecule has 4 rings (SSSR count). The highest BCUT2D eigenvalue weighted by molar-refractivity contribution is 7.98. The van der Waals surface area contributed by atoms with E-state index < -0.39 is 89.0 Å². The summed E-state index contributed by atoms with van der Waals surface area (Å²) in [6.07, 6.45) is -2.07. The van der Waals surface area contributed by atoms with Crippen LogP contribution in [0.4, 0.5) is 4.39 Å². The quantitative estimate of drug-likeness (QED) is 0.0933. The molecule has 0 aliphatic carbocycles. The van der Waals surface area contributed by atoms with E-state index in [0.717, 1.165) is 12.8 Å². The van der Waals surface area contributed by atoms with Crippen molar-refractivity contribution >= 4 is 33.4 Å². The van der Waals surface area contributed by atoms with Crippen LogP contribution in [-0.4, -0.2) is 102 Å². The highest BCUT2D eigenvalue weighted by Crippen LogP contribution is 2.50. The van der Waals surface area contributed by atoms with Crippen LogP contribution in [0, 0.1) is 11.2 Å². The smallest absolute Gasteiger partial charge is 0.258 e. The van der Waals surface area contributed by atoms with Gasteiger partial charge in [-0.2, -0.15) is 0 Å². The Kier molecular flexibility index (Phi) is 15.5. The summed E-state index contributed by atoms with van der Waals surface area (Å²) < 4.78 is 49.9. The van der Waals surface area contributed by atoms with Crippen LogP contribution < -0.4 is 15.4 Å². The molecule has 0 fully saturated rings. The van der Waals surface area contributed by atoms with E-state index in [0.29, 0.717) is 40.8 Å². The number of nitrogens with one attached hydrogen (secondary N) is 2. The summed E-state index contributed by atoms with van der Waals surface area (Å²) in [5.41, 5.74) is 0.663. The summed E-state index contributed by atoms with van der Waals surface area (Å²) in [5.74, 6) is -2.47. The third-order valence-electron chi connectivity index (χ3n) is 10.1. The molecule has 54 heavy (non-hydrogen) atoms. The van der Waals surface area contributed by atoms with Gasteiger partial charge in [-0.05, 0) is 59.8 Å². The summed E-state index contributed by atoms with van der Waals surface area (Å²) in [6, 6.07) is 16.4. The van der Waals surface area contributed by atoms with Gasteiger partial charge in [0.2, 0.25) is 5.91 Å². The number of thioether (sulfide) groups is 1. The Morgan fingerprint density at radius 1 is 0.981 bits per heavy atom. The van der Waals surface area contributed by atoms with Gasteiger partial charge in [0.15, 0.2) is 16.4 Å². The second-order valence-corrected chi connectivity index (χ2v) is 16.6. The molecule has 296 valence electrons. The van der Waals surface area contributed by atoms with Gasteiger partial charge >= 0.3 is 0 Å². The van der Waals surface area contributed by atoms with E-state index in [9.17, 15) is 38.4 Å². The highest BCUT2D eigenvalue weighted by Gasteiger charge is 2.43. The van der Waals surface area contributed by atoms with Crippen molar-refractivity contribution in [2.24, 2.45) is 5.41 Å². The number of sulfone groups is 1. The lowest BCUT2D eigenvalue weighted by molar-refractivity contribution is -0.132. The number of carbonyl (C=O) groups is 2. The number of hydrogen-bond donors (Lipinski definition) is 7. The fourth-order valence-electron chi connectivity index (χ4n) is 6.92. The molecule has 1 aliphatic rings. The average Bonchev–Trinajstić information content (AvgIpc) is 3.27. The molecule has 3 aromatic carbocycles. The number of benzene rings is 3. The number of hydrogen-bond acceptors (Lipinski definition) is 11. The number of ether oxygens (including phenoxy) is 1. The Labute approximate surface area is 320 Å².